The Morgan fingerprint density at radius 2 is 1.91 bits per heavy atom. The average molecular weight is 335 g/mol. The van der Waals surface area contributed by atoms with Crippen LogP contribution >= 0.6 is 0 Å². The summed E-state index contributed by atoms with van der Waals surface area (Å²) in [5.74, 6) is -0.335. The first-order chi connectivity index (χ1) is 10.8. The molecule has 1 aromatic carbocycles. The Balaban J connectivity index is 2.66. The van der Waals surface area contributed by atoms with Crippen LogP contribution in [0.5, 0.6) is 5.75 Å². The van der Waals surface area contributed by atoms with Gasteiger partial charge in [-0.15, -0.1) is 0 Å². The zero-order valence-electron chi connectivity index (χ0n) is 13.0. The largest absolute Gasteiger partial charge is 0.492 e. The molecule has 0 aliphatic heterocycles. The maximum absolute atomic E-state index is 12.6. The van der Waals surface area contributed by atoms with Gasteiger partial charge in [0.15, 0.2) is 21.0 Å². The van der Waals surface area contributed by atoms with Gasteiger partial charge in [0.25, 0.3) is 0 Å². The number of benzene rings is 1. The number of H-pyrrole nitrogens is 1. The minimum Gasteiger partial charge on any atom is -0.492 e. The van der Waals surface area contributed by atoms with Gasteiger partial charge in [-0.25, -0.2) is 8.42 Å². The molecular weight excluding hydrogens is 318 g/mol. The second kappa shape index (κ2) is 6.37. The average Bonchev–Trinajstić information content (AvgIpc) is 2.48. The van der Waals surface area contributed by atoms with E-state index in [4.69, 9.17) is 4.74 Å². The number of pyridine rings is 1. The number of carbonyl (C=O) groups excluding carboxylic acids is 1. The molecular formula is C16H17NO5S. The number of aromatic amines is 1. The summed E-state index contributed by atoms with van der Waals surface area (Å²) in [6.45, 7) is 3.58. The third-order valence-electron chi connectivity index (χ3n) is 3.37. The maximum Gasteiger partial charge on any atom is 0.198 e. The first-order valence-electron chi connectivity index (χ1n) is 6.95. The van der Waals surface area contributed by atoms with Crippen molar-refractivity contribution in [3.63, 3.8) is 0 Å². The maximum atomic E-state index is 12.6. The molecule has 6 nitrogen and oxygen atoms in total. The molecule has 1 N–H and O–H groups in total. The zero-order chi connectivity index (χ0) is 17.2. The highest BCUT2D eigenvalue weighted by molar-refractivity contribution is 7.90. The number of ketones is 1. The van der Waals surface area contributed by atoms with Gasteiger partial charge in [0.05, 0.1) is 12.2 Å². The normalized spacial score (nSPS) is 11.3. The van der Waals surface area contributed by atoms with Gasteiger partial charge in [0.1, 0.15) is 10.6 Å². The topological polar surface area (TPSA) is 93.3 Å². The highest BCUT2D eigenvalue weighted by atomic mass is 32.2. The van der Waals surface area contributed by atoms with Crippen molar-refractivity contribution < 1.29 is 17.9 Å². The van der Waals surface area contributed by atoms with E-state index in [0.717, 1.165) is 6.26 Å². The van der Waals surface area contributed by atoms with Crippen LogP contribution in [0.15, 0.2) is 40.3 Å². The van der Waals surface area contributed by atoms with Gasteiger partial charge in [0, 0.05) is 35.8 Å². The van der Waals surface area contributed by atoms with Crippen LogP contribution in [0.1, 0.15) is 28.4 Å². The van der Waals surface area contributed by atoms with Gasteiger partial charge in [-0.05, 0) is 26.0 Å². The Hall–Kier alpha value is -2.41. The van der Waals surface area contributed by atoms with E-state index in [9.17, 15) is 18.0 Å². The summed E-state index contributed by atoms with van der Waals surface area (Å²) < 4.78 is 29.2. The Bertz CT molecular complexity index is 912. The Morgan fingerprint density at radius 3 is 2.48 bits per heavy atom. The van der Waals surface area contributed by atoms with E-state index in [1.54, 1.807) is 13.8 Å². The van der Waals surface area contributed by atoms with E-state index in [1.165, 1.54) is 30.6 Å². The van der Waals surface area contributed by atoms with Crippen molar-refractivity contribution in [2.45, 2.75) is 18.7 Å². The molecule has 0 fully saturated rings. The second-order valence-electron chi connectivity index (χ2n) is 5.02. The van der Waals surface area contributed by atoms with Crippen LogP contribution in [-0.4, -0.2) is 32.0 Å². The molecule has 2 aromatic rings. The molecule has 2 rings (SSSR count). The zero-order valence-corrected chi connectivity index (χ0v) is 13.9. The summed E-state index contributed by atoms with van der Waals surface area (Å²) in [5.41, 5.74) is 0.212. The lowest BCUT2D eigenvalue weighted by Gasteiger charge is -2.15. The molecule has 0 saturated heterocycles. The monoisotopic (exact) mass is 335 g/mol. The Labute approximate surface area is 134 Å². The standard InChI is InChI=1S/C16H17NO5S/c1-4-22-16-10(2)11(5-6-14(16)23(3,20)21)15(19)12-9-17-8-7-13(12)18/h5-9H,4H2,1-3H3,(H,17,18). The van der Waals surface area contributed by atoms with E-state index < -0.39 is 21.0 Å². The molecule has 1 aromatic heterocycles. The number of nitrogens with one attached hydrogen (secondary N) is 1. The fraction of sp³-hybridized carbons (Fsp3) is 0.250. The molecule has 0 atom stereocenters. The third-order valence-corrected chi connectivity index (χ3v) is 4.49. The van der Waals surface area contributed by atoms with Gasteiger partial charge in [-0.2, -0.15) is 0 Å². The summed E-state index contributed by atoms with van der Waals surface area (Å²) in [6.07, 6.45) is 3.84. The van der Waals surface area contributed by atoms with E-state index in [1.807, 2.05) is 0 Å². The fourth-order valence-corrected chi connectivity index (χ4v) is 3.13. The smallest absolute Gasteiger partial charge is 0.198 e. The van der Waals surface area contributed by atoms with Crippen LogP contribution in [0, 0.1) is 6.92 Å². The van der Waals surface area contributed by atoms with E-state index >= 15 is 0 Å². The Kier molecular flexibility index (Phi) is 4.70. The van der Waals surface area contributed by atoms with Gasteiger partial charge < -0.3 is 9.72 Å². The molecule has 0 radical (unpaired) electrons. The van der Waals surface area contributed by atoms with Crippen LogP contribution in [0.4, 0.5) is 0 Å². The number of sulfone groups is 1. The number of aromatic nitrogens is 1. The van der Waals surface area contributed by atoms with E-state index in [2.05, 4.69) is 4.98 Å². The minimum atomic E-state index is -3.50. The molecule has 0 bridgehead atoms. The minimum absolute atomic E-state index is 0.00912. The van der Waals surface area contributed by atoms with Gasteiger partial charge in [-0.3, -0.25) is 9.59 Å². The first kappa shape index (κ1) is 17.0. The number of hydrogen-bond donors (Lipinski definition) is 1. The van der Waals surface area contributed by atoms with Crippen molar-refractivity contribution in [1.82, 2.24) is 4.98 Å². The molecule has 0 saturated carbocycles. The molecule has 0 amide bonds. The summed E-state index contributed by atoms with van der Waals surface area (Å²) in [7, 11) is -3.50. The molecule has 0 aliphatic carbocycles. The van der Waals surface area contributed by atoms with Crippen molar-refractivity contribution in [2.24, 2.45) is 0 Å². The predicted molar refractivity (Wildman–Crippen MR) is 86.0 cm³/mol. The molecule has 0 aliphatic rings. The number of rotatable bonds is 5. The number of hydrogen-bond acceptors (Lipinski definition) is 5. The molecule has 0 spiro atoms. The SMILES string of the molecule is CCOc1c(S(C)(=O)=O)ccc(C(=O)c2c[nH]ccc2=O)c1C. The van der Waals surface area contributed by atoms with Crippen LogP contribution in [-0.2, 0) is 9.84 Å². The summed E-state index contributed by atoms with van der Waals surface area (Å²) in [5, 5.41) is 0. The lowest BCUT2D eigenvalue weighted by molar-refractivity contribution is 0.103. The number of ether oxygens (including phenoxy) is 1. The Morgan fingerprint density at radius 1 is 1.22 bits per heavy atom. The van der Waals surface area contributed by atoms with Gasteiger partial charge in [-0.1, -0.05) is 0 Å². The highest BCUT2D eigenvalue weighted by Crippen LogP contribution is 2.31. The summed E-state index contributed by atoms with van der Waals surface area (Å²) in [4.78, 5) is 27.1. The highest BCUT2D eigenvalue weighted by Gasteiger charge is 2.23. The van der Waals surface area contributed by atoms with Crippen LogP contribution in [0.2, 0.25) is 0 Å². The molecule has 0 unspecified atom stereocenters. The first-order valence-corrected chi connectivity index (χ1v) is 8.84. The van der Waals surface area contributed by atoms with Crippen molar-refractivity contribution >= 4 is 15.6 Å². The second-order valence-corrected chi connectivity index (χ2v) is 7.01. The van der Waals surface area contributed by atoms with Crippen molar-refractivity contribution in [2.75, 3.05) is 12.9 Å². The molecule has 23 heavy (non-hydrogen) atoms. The van der Waals surface area contributed by atoms with Gasteiger partial charge >= 0.3 is 0 Å². The van der Waals surface area contributed by atoms with Crippen LogP contribution in [0.25, 0.3) is 0 Å². The van der Waals surface area contributed by atoms with Crippen molar-refractivity contribution in [1.29, 1.82) is 0 Å². The van der Waals surface area contributed by atoms with E-state index in [-0.39, 0.29) is 28.4 Å². The lowest BCUT2D eigenvalue weighted by Crippen LogP contribution is -2.17. The van der Waals surface area contributed by atoms with Crippen molar-refractivity contribution in [3.05, 3.63) is 57.5 Å². The summed E-state index contributed by atoms with van der Waals surface area (Å²) in [6, 6.07) is 4.00. The van der Waals surface area contributed by atoms with Crippen LogP contribution < -0.4 is 10.2 Å². The lowest BCUT2D eigenvalue weighted by atomic mass is 9.99. The van der Waals surface area contributed by atoms with Gasteiger partial charge in [0.2, 0.25) is 0 Å². The fourth-order valence-electron chi connectivity index (χ4n) is 2.27. The molecule has 122 valence electrons. The predicted octanol–water partition coefficient (Wildman–Crippen LogP) is 1.72. The summed E-state index contributed by atoms with van der Waals surface area (Å²) >= 11 is 0. The third kappa shape index (κ3) is 3.34. The molecule has 1 heterocycles. The van der Waals surface area contributed by atoms with Crippen molar-refractivity contribution in [3.8, 4) is 5.75 Å². The van der Waals surface area contributed by atoms with E-state index in [0.29, 0.717) is 5.56 Å². The molecule has 7 heteroatoms. The van der Waals surface area contributed by atoms with Crippen LogP contribution in [0.3, 0.4) is 0 Å². The number of carbonyl (C=O) groups is 1. The quantitative estimate of drug-likeness (QED) is 0.840.